The van der Waals surface area contributed by atoms with Crippen LogP contribution in [0.4, 0.5) is 4.79 Å². The number of nitrogens with one attached hydrogen (secondary N) is 1. The van der Waals surface area contributed by atoms with E-state index < -0.39 is 11.1 Å². The molecule has 142 valence electrons. The summed E-state index contributed by atoms with van der Waals surface area (Å²) in [7, 11) is 0. The predicted molar refractivity (Wildman–Crippen MR) is 101 cm³/mol. The lowest BCUT2D eigenvalue weighted by molar-refractivity contribution is 0.0471. The van der Waals surface area contributed by atoms with Crippen molar-refractivity contribution in [1.82, 2.24) is 14.9 Å². The summed E-state index contributed by atoms with van der Waals surface area (Å²) in [6.45, 7) is 14.4. The Morgan fingerprint density at radius 1 is 1.20 bits per heavy atom. The van der Waals surface area contributed by atoms with Crippen molar-refractivity contribution in [1.29, 1.82) is 0 Å². The van der Waals surface area contributed by atoms with Crippen LogP contribution in [0.3, 0.4) is 0 Å². The summed E-state index contributed by atoms with van der Waals surface area (Å²) in [5.41, 5.74) is 0.287. The second kappa shape index (κ2) is 7.38. The Hall–Kier alpha value is -1.52. The maximum atomic E-state index is 12.1. The first-order valence-corrected chi connectivity index (χ1v) is 9.47. The maximum absolute atomic E-state index is 12.1. The van der Waals surface area contributed by atoms with Crippen LogP contribution < -0.4 is 5.32 Å². The van der Waals surface area contributed by atoms with Crippen LogP contribution in [0, 0.1) is 11.8 Å². The standard InChI is InChI=1S/C20H35N3O2/c1-14-8-15(2)10-16(9-14)23-13-21-12-17(23)11-20(6,7)22-18(24)25-19(3,4)5/h12-16H,8-11H2,1-7H3,(H,22,24). The number of imidazole rings is 1. The number of amides is 1. The summed E-state index contributed by atoms with van der Waals surface area (Å²) in [6.07, 6.45) is 7.96. The third-order valence-corrected chi connectivity index (χ3v) is 4.76. The summed E-state index contributed by atoms with van der Waals surface area (Å²) in [5, 5.41) is 3.00. The molecule has 1 aliphatic carbocycles. The van der Waals surface area contributed by atoms with Crippen LogP contribution in [0.5, 0.6) is 0 Å². The van der Waals surface area contributed by atoms with E-state index in [1.165, 1.54) is 25.0 Å². The van der Waals surface area contributed by atoms with Gasteiger partial charge in [0.1, 0.15) is 5.60 Å². The minimum absolute atomic E-state index is 0.372. The van der Waals surface area contributed by atoms with Gasteiger partial charge in [-0.3, -0.25) is 0 Å². The molecule has 1 aromatic heterocycles. The number of hydrogen-bond donors (Lipinski definition) is 1. The summed E-state index contributed by atoms with van der Waals surface area (Å²) in [4.78, 5) is 16.5. The molecule has 25 heavy (non-hydrogen) atoms. The first kappa shape index (κ1) is 19.8. The SMILES string of the molecule is CC1CC(C)CC(n2cncc2CC(C)(C)NC(=O)OC(C)(C)C)C1. The van der Waals surface area contributed by atoms with E-state index in [-0.39, 0.29) is 6.09 Å². The Morgan fingerprint density at radius 2 is 1.80 bits per heavy atom. The van der Waals surface area contributed by atoms with E-state index in [4.69, 9.17) is 4.74 Å². The average molecular weight is 350 g/mol. The fraction of sp³-hybridized carbons (Fsp3) is 0.800. The van der Waals surface area contributed by atoms with Gasteiger partial charge in [0.05, 0.1) is 6.33 Å². The molecule has 1 heterocycles. The Bertz CT molecular complexity index is 576. The largest absolute Gasteiger partial charge is 0.444 e. The number of carbonyl (C=O) groups excluding carboxylic acids is 1. The molecule has 0 aromatic carbocycles. The van der Waals surface area contributed by atoms with E-state index in [2.05, 4.69) is 28.7 Å². The van der Waals surface area contributed by atoms with Gasteiger partial charge in [-0.15, -0.1) is 0 Å². The minimum Gasteiger partial charge on any atom is -0.444 e. The lowest BCUT2D eigenvalue weighted by atomic mass is 9.80. The smallest absolute Gasteiger partial charge is 0.408 e. The van der Waals surface area contributed by atoms with Crippen molar-refractivity contribution in [3.8, 4) is 0 Å². The molecule has 1 aromatic rings. The molecule has 1 aliphatic rings. The molecule has 0 spiro atoms. The molecule has 0 aliphatic heterocycles. The number of nitrogens with zero attached hydrogens (tertiary/aromatic N) is 2. The molecule has 2 rings (SSSR count). The molecule has 5 heteroatoms. The molecule has 5 nitrogen and oxygen atoms in total. The zero-order valence-electron chi connectivity index (χ0n) is 16.9. The van der Waals surface area contributed by atoms with Crippen molar-refractivity contribution in [2.75, 3.05) is 0 Å². The average Bonchev–Trinajstić information content (AvgIpc) is 2.81. The second-order valence-electron chi connectivity index (χ2n) is 9.55. The van der Waals surface area contributed by atoms with Crippen LogP contribution in [0.15, 0.2) is 12.5 Å². The molecule has 1 saturated carbocycles. The van der Waals surface area contributed by atoms with Crippen LogP contribution in [-0.4, -0.2) is 26.8 Å². The zero-order valence-corrected chi connectivity index (χ0v) is 16.9. The Morgan fingerprint density at radius 3 is 2.36 bits per heavy atom. The van der Waals surface area contributed by atoms with Gasteiger partial charge < -0.3 is 14.6 Å². The van der Waals surface area contributed by atoms with Gasteiger partial charge in [0.15, 0.2) is 0 Å². The number of hydrogen-bond acceptors (Lipinski definition) is 3. The first-order valence-electron chi connectivity index (χ1n) is 9.47. The van der Waals surface area contributed by atoms with Crippen LogP contribution >= 0.6 is 0 Å². The first-order chi connectivity index (χ1) is 11.5. The number of aromatic nitrogens is 2. The van der Waals surface area contributed by atoms with Gasteiger partial charge in [-0.25, -0.2) is 9.78 Å². The van der Waals surface area contributed by atoms with Gasteiger partial charge in [-0.05, 0) is 65.7 Å². The fourth-order valence-corrected chi connectivity index (χ4v) is 4.01. The summed E-state index contributed by atoms with van der Waals surface area (Å²) >= 11 is 0. The highest BCUT2D eigenvalue weighted by Gasteiger charge is 2.29. The Kier molecular flexibility index (Phi) is 5.85. The number of ether oxygens (including phenoxy) is 1. The van der Waals surface area contributed by atoms with Crippen LogP contribution in [0.2, 0.25) is 0 Å². The van der Waals surface area contributed by atoms with E-state index in [1.807, 2.05) is 47.1 Å². The van der Waals surface area contributed by atoms with Crippen molar-refractivity contribution in [2.45, 2.75) is 91.3 Å². The van der Waals surface area contributed by atoms with E-state index in [0.717, 1.165) is 18.3 Å². The van der Waals surface area contributed by atoms with Gasteiger partial charge in [0.25, 0.3) is 0 Å². The van der Waals surface area contributed by atoms with Gasteiger partial charge in [0.2, 0.25) is 0 Å². The third kappa shape index (κ3) is 6.05. The molecule has 0 radical (unpaired) electrons. The highest BCUT2D eigenvalue weighted by Crippen LogP contribution is 2.36. The topological polar surface area (TPSA) is 56.2 Å². The molecule has 2 atom stereocenters. The van der Waals surface area contributed by atoms with Gasteiger partial charge in [-0.2, -0.15) is 0 Å². The van der Waals surface area contributed by atoms with Crippen LogP contribution in [0.1, 0.15) is 79.5 Å². The number of alkyl carbamates (subject to hydrolysis) is 1. The molecular weight excluding hydrogens is 314 g/mol. The molecule has 1 fully saturated rings. The van der Waals surface area contributed by atoms with Crippen LogP contribution in [-0.2, 0) is 11.2 Å². The minimum atomic E-state index is -0.490. The van der Waals surface area contributed by atoms with Gasteiger partial charge >= 0.3 is 6.09 Å². The van der Waals surface area contributed by atoms with Gasteiger partial charge in [-0.1, -0.05) is 13.8 Å². The highest BCUT2D eigenvalue weighted by molar-refractivity contribution is 5.68. The Balaban J connectivity index is 2.05. The summed E-state index contributed by atoms with van der Waals surface area (Å²) in [5.74, 6) is 1.49. The van der Waals surface area contributed by atoms with E-state index in [1.54, 1.807) is 0 Å². The van der Waals surface area contributed by atoms with Gasteiger partial charge in [0, 0.05) is 29.9 Å². The molecule has 0 saturated heterocycles. The lowest BCUT2D eigenvalue weighted by Gasteiger charge is -2.34. The molecule has 1 N–H and O–H groups in total. The van der Waals surface area contributed by atoms with Crippen molar-refractivity contribution < 1.29 is 9.53 Å². The third-order valence-electron chi connectivity index (χ3n) is 4.76. The zero-order chi connectivity index (χ0) is 18.8. The quantitative estimate of drug-likeness (QED) is 0.855. The summed E-state index contributed by atoms with van der Waals surface area (Å²) < 4.78 is 7.72. The molecule has 0 bridgehead atoms. The second-order valence-corrected chi connectivity index (χ2v) is 9.55. The van der Waals surface area contributed by atoms with Crippen LogP contribution in [0.25, 0.3) is 0 Å². The van der Waals surface area contributed by atoms with Crippen molar-refractivity contribution in [3.63, 3.8) is 0 Å². The Labute approximate surface area is 152 Å². The number of carbonyl (C=O) groups is 1. The number of rotatable bonds is 4. The molecule has 2 unspecified atom stereocenters. The normalized spacial score (nSPS) is 24.8. The predicted octanol–water partition coefficient (Wildman–Crippen LogP) is 4.73. The monoisotopic (exact) mass is 349 g/mol. The lowest BCUT2D eigenvalue weighted by Crippen LogP contribution is -2.47. The van der Waals surface area contributed by atoms with Crippen molar-refractivity contribution in [3.05, 3.63) is 18.2 Å². The molecule has 1 amide bonds. The highest BCUT2D eigenvalue weighted by atomic mass is 16.6. The van der Waals surface area contributed by atoms with Crippen molar-refractivity contribution in [2.24, 2.45) is 11.8 Å². The molecular formula is C20H35N3O2. The van der Waals surface area contributed by atoms with E-state index in [0.29, 0.717) is 6.04 Å². The van der Waals surface area contributed by atoms with E-state index in [9.17, 15) is 4.79 Å². The fourth-order valence-electron chi connectivity index (χ4n) is 4.01. The summed E-state index contributed by atoms with van der Waals surface area (Å²) in [6, 6.07) is 0.508. The van der Waals surface area contributed by atoms with E-state index >= 15 is 0 Å². The van der Waals surface area contributed by atoms with Crippen molar-refractivity contribution >= 4 is 6.09 Å². The maximum Gasteiger partial charge on any atom is 0.408 e.